The van der Waals surface area contributed by atoms with Gasteiger partial charge >= 0.3 is 12.2 Å². The average molecular weight is 340 g/mol. The third-order valence-electron chi connectivity index (χ3n) is 3.38. The molecule has 0 saturated heterocycles. The lowest BCUT2D eigenvalue weighted by atomic mass is 10.1. The van der Waals surface area contributed by atoms with Gasteiger partial charge in [-0.25, -0.2) is 4.79 Å². The second kappa shape index (κ2) is 7.85. The molecule has 24 heavy (non-hydrogen) atoms. The van der Waals surface area contributed by atoms with Crippen molar-refractivity contribution < 1.29 is 18.0 Å². The number of amides is 2. The number of rotatable bonds is 6. The molecule has 0 bridgehead atoms. The van der Waals surface area contributed by atoms with Crippen molar-refractivity contribution in [3.8, 4) is 0 Å². The van der Waals surface area contributed by atoms with Crippen LogP contribution in [0.2, 0.25) is 0 Å². The first-order valence-corrected chi connectivity index (χ1v) is 7.50. The van der Waals surface area contributed by atoms with Crippen LogP contribution in [0.4, 0.5) is 18.0 Å². The largest absolute Gasteiger partial charge is 0.416 e. The number of nitrogens with one attached hydrogen (secondary N) is 2. The van der Waals surface area contributed by atoms with E-state index in [1.54, 1.807) is 10.9 Å². The first kappa shape index (κ1) is 17.8. The summed E-state index contributed by atoms with van der Waals surface area (Å²) >= 11 is 0. The van der Waals surface area contributed by atoms with E-state index in [9.17, 15) is 18.0 Å². The van der Waals surface area contributed by atoms with E-state index in [-0.39, 0.29) is 12.5 Å². The summed E-state index contributed by atoms with van der Waals surface area (Å²) in [5.41, 5.74) is -0.334. The maximum atomic E-state index is 12.6. The Hall–Kier alpha value is -2.51. The van der Waals surface area contributed by atoms with Crippen molar-refractivity contribution in [1.82, 2.24) is 20.4 Å². The fraction of sp³-hybridized carbons (Fsp3) is 0.375. The van der Waals surface area contributed by atoms with Gasteiger partial charge in [-0.2, -0.15) is 18.3 Å². The van der Waals surface area contributed by atoms with Crippen LogP contribution in [0.3, 0.4) is 0 Å². The van der Waals surface area contributed by atoms with Gasteiger partial charge in [0.25, 0.3) is 0 Å². The fourth-order valence-corrected chi connectivity index (χ4v) is 2.16. The fourth-order valence-electron chi connectivity index (χ4n) is 2.16. The maximum absolute atomic E-state index is 12.6. The predicted molar refractivity (Wildman–Crippen MR) is 83.1 cm³/mol. The Morgan fingerprint density at radius 2 is 2.08 bits per heavy atom. The standard InChI is InChI=1S/C16H19F3N4O/c1-12(11-23-7-3-6-22-23)9-20-15(24)21-10-13-4-2-5-14(8-13)16(17,18)19/h2-8,12H,9-11H2,1H3,(H2,20,21,24). The molecular weight excluding hydrogens is 321 g/mol. The third-order valence-corrected chi connectivity index (χ3v) is 3.38. The topological polar surface area (TPSA) is 59.0 Å². The maximum Gasteiger partial charge on any atom is 0.416 e. The minimum absolute atomic E-state index is 0.0310. The van der Waals surface area contributed by atoms with Crippen LogP contribution < -0.4 is 10.6 Å². The number of benzene rings is 1. The minimum Gasteiger partial charge on any atom is -0.338 e. The smallest absolute Gasteiger partial charge is 0.338 e. The number of aromatic nitrogens is 2. The number of urea groups is 1. The van der Waals surface area contributed by atoms with Crippen LogP contribution in [0.25, 0.3) is 0 Å². The van der Waals surface area contributed by atoms with Crippen LogP contribution in [-0.4, -0.2) is 22.4 Å². The summed E-state index contributed by atoms with van der Waals surface area (Å²) < 4.78 is 39.6. The molecule has 0 radical (unpaired) electrons. The van der Waals surface area contributed by atoms with Gasteiger partial charge in [-0.05, 0) is 29.7 Å². The van der Waals surface area contributed by atoms with E-state index in [2.05, 4.69) is 15.7 Å². The Bertz CT molecular complexity index is 656. The molecule has 1 heterocycles. The number of hydrogen-bond donors (Lipinski definition) is 2. The van der Waals surface area contributed by atoms with E-state index in [0.29, 0.717) is 18.7 Å². The van der Waals surface area contributed by atoms with E-state index in [1.807, 2.05) is 19.2 Å². The average Bonchev–Trinajstić information content (AvgIpc) is 3.03. The summed E-state index contributed by atoms with van der Waals surface area (Å²) in [6.07, 6.45) is -0.869. The number of carbonyl (C=O) groups is 1. The molecule has 0 spiro atoms. The quantitative estimate of drug-likeness (QED) is 0.849. The van der Waals surface area contributed by atoms with Crippen molar-refractivity contribution in [3.05, 3.63) is 53.9 Å². The first-order valence-electron chi connectivity index (χ1n) is 7.50. The van der Waals surface area contributed by atoms with Crippen LogP contribution in [0.1, 0.15) is 18.1 Å². The molecule has 0 aliphatic heterocycles. The summed E-state index contributed by atoms with van der Waals surface area (Å²) in [7, 11) is 0. The molecule has 2 amide bonds. The number of alkyl halides is 3. The van der Waals surface area contributed by atoms with Gasteiger partial charge in [0.05, 0.1) is 5.56 Å². The normalized spacial score (nSPS) is 12.7. The predicted octanol–water partition coefficient (Wildman–Crippen LogP) is 3.04. The molecule has 1 aromatic heterocycles. The van der Waals surface area contributed by atoms with Gasteiger partial charge in [0.2, 0.25) is 0 Å². The summed E-state index contributed by atoms with van der Waals surface area (Å²) in [5, 5.41) is 9.33. The first-order chi connectivity index (χ1) is 11.3. The summed E-state index contributed by atoms with van der Waals surface area (Å²) in [4.78, 5) is 11.7. The monoisotopic (exact) mass is 340 g/mol. The summed E-state index contributed by atoms with van der Waals surface area (Å²) in [6, 6.07) is 6.29. The summed E-state index contributed by atoms with van der Waals surface area (Å²) in [6.45, 7) is 3.10. The van der Waals surface area contributed by atoms with Crippen molar-refractivity contribution in [2.75, 3.05) is 6.54 Å². The van der Waals surface area contributed by atoms with Crippen molar-refractivity contribution in [2.24, 2.45) is 5.92 Å². The van der Waals surface area contributed by atoms with Gasteiger partial charge in [-0.3, -0.25) is 4.68 Å². The van der Waals surface area contributed by atoms with E-state index >= 15 is 0 Å². The zero-order valence-corrected chi connectivity index (χ0v) is 13.2. The molecule has 1 aromatic carbocycles. The minimum atomic E-state index is -4.39. The second-order valence-corrected chi connectivity index (χ2v) is 5.59. The van der Waals surface area contributed by atoms with Crippen LogP contribution in [0, 0.1) is 5.92 Å². The second-order valence-electron chi connectivity index (χ2n) is 5.59. The molecule has 5 nitrogen and oxygen atoms in total. The SMILES string of the molecule is CC(CNC(=O)NCc1cccc(C(F)(F)F)c1)Cn1cccn1. The number of hydrogen-bond acceptors (Lipinski definition) is 2. The van der Waals surface area contributed by atoms with E-state index in [1.165, 1.54) is 12.1 Å². The molecule has 1 atom stereocenters. The van der Waals surface area contributed by atoms with Crippen LogP contribution in [0.15, 0.2) is 42.7 Å². The zero-order chi connectivity index (χ0) is 17.6. The van der Waals surface area contributed by atoms with Crippen molar-refractivity contribution >= 4 is 6.03 Å². The zero-order valence-electron chi connectivity index (χ0n) is 13.2. The molecular formula is C16H19F3N4O. The van der Waals surface area contributed by atoms with Crippen molar-refractivity contribution in [3.63, 3.8) is 0 Å². The highest BCUT2D eigenvalue weighted by atomic mass is 19.4. The molecule has 2 aromatic rings. The van der Waals surface area contributed by atoms with Gasteiger partial charge in [0.1, 0.15) is 0 Å². The molecule has 8 heteroatoms. The molecule has 2 N–H and O–H groups in total. The number of carbonyl (C=O) groups excluding carboxylic acids is 1. The molecule has 0 saturated carbocycles. The molecule has 2 rings (SSSR count). The number of nitrogens with zero attached hydrogens (tertiary/aromatic N) is 2. The van der Waals surface area contributed by atoms with Crippen LogP contribution >= 0.6 is 0 Å². The van der Waals surface area contributed by atoms with Gasteiger partial charge < -0.3 is 10.6 Å². The number of halogens is 3. The van der Waals surface area contributed by atoms with Gasteiger partial charge in [0.15, 0.2) is 0 Å². The molecule has 0 aliphatic carbocycles. The molecule has 1 unspecified atom stereocenters. The highest BCUT2D eigenvalue weighted by molar-refractivity contribution is 5.73. The lowest BCUT2D eigenvalue weighted by Crippen LogP contribution is -2.38. The molecule has 130 valence electrons. The van der Waals surface area contributed by atoms with Gasteiger partial charge in [-0.15, -0.1) is 0 Å². The van der Waals surface area contributed by atoms with E-state index in [0.717, 1.165) is 12.1 Å². The van der Waals surface area contributed by atoms with Gasteiger partial charge in [0, 0.05) is 32.0 Å². The Morgan fingerprint density at radius 3 is 2.75 bits per heavy atom. The lowest BCUT2D eigenvalue weighted by Gasteiger charge is -2.14. The van der Waals surface area contributed by atoms with Crippen molar-refractivity contribution in [2.45, 2.75) is 26.2 Å². The highest BCUT2D eigenvalue weighted by Crippen LogP contribution is 2.29. The lowest BCUT2D eigenvalue weighted by molar-refractivity contribution is -0.137. The Balaban J connectivity index is 1.75. The highest BCUT2D eigenvalue weighted by Gasteiger charge is 2.30. The van der Waals surface area contributed by atoms with Crippen LogP contribution in [0.5, 0.6) is 0 Å². The van der Waals surface area contributed by atoms with E-state index < -0.39 is 17.8 Å². The molecule has 0 fully saturated rings. The van der Waals surface area contributed by atoms with Crippen LogP contribution in [-0.2, 0) is 19.3 Å². The Morgan fingerprint density at radius 1 is 1.29 bits per heavy atom. The Kier molecular flexibility index (Phi) is 5.83. The molecule has 0 aliphatic rings. The van der Waals surface area contributed by atoms with E-state index in [4.69, 9.17) is 0 Å². The Labute approximate surface area is 137 Å². The van der Waals surface area contributed by atoms with Crippen molar-refractivity contribution in [1.29, 1.82) is 0 Å². The summed E-state index contributed by atoms with van der Waals surface area (Å²) in [5.74, 6) is 0.171. The third kappa shape index (κ3) is 5.60. The van der Waals surface area contributed by atoms with Gasteiger partial charge in [-0.1, -0.05) is 19.1 Å².